The van der Waals surface area contributed by atoms with E-state index in [0.717, 1.165) is 0 Å². The second kappa shape index (κ2) is 14.1. The Kier molecular flexibility index (Phi) is 11.6. The molecule has 0 aromatic rings. The third kappa shape index (κ3) is 8.84. The SMILES string of the molecule is CCC1OC(OC2C(NC(=O)OC(C)(C)C)CC(C)C(OC3OC(CO)C(O)CC3O)C2O)C(N=C(N)N)CC1O. The van der Waals surface area contributed by atoms with Gasteiger partial charge < -0.3 is 66.0 Å². The van der Waals surface area contributed by atoms with Crippen molar-refractivity contribution in [1.82, 2.24) is 5.32 Å². The Bertz CT molecular complexity index is 886. The van der Waals surface area contributed by atoms with Gasteiger partial charge in [-0.25, -0.2) is 9.79 Å². The van der Waals surface area contributed by atoms with E-state index in [1.165, 1.54) is 0 Å². The number of hydrogen-bond donors (Lipinski definition) is 8. The van der Waals surface area contributed by atoms with E-state index >= 15 is 0 Å². The number of guanidine groups is 1. The number of alkyl carbamates (subject to hydrolysis) is 1. The Morgan fingerprint density at radius 1 is 0.951 bits per heavy atom. The molecule has 1 saturated carbocycles. The van der Waals surface area contributed by atoms with Crippen LogP contribution in [0.2, 0.25) is 0 Å². The highest BCUT2D eigenvalue weighted by atomic mass is 16.7. The van der Waals surface area contributed by atoms with Gasteiger partial charge in [0.15, 0.2) is 18.5 Å². The van der Waals surface area contributed by atoms with Crippen LogP contribution in [0.1, 0.15) is 60.3 Å². The van der Waals surface area contributed by atoms with Crippen molar-refractivity contribution in [3.05, 3.63) is 0 Å². The summed E-state index contributed by atoms with van der Waals surface area (Å²) in [6.45, 7) is 8.32. The van der Waals surface area contributed by atoms with Crippen LogP contribution in [0.25, 0.3) is 0 Å². The van der Waals surface area contributed by atoms with Gasteiger partial charge in [0.25, 0.3) is 0 Å². The van der Waals surface area contributed by atoms with E-state index in [-0.39, 0.29) is 31.1 Å². The van der Waals surface area contributed by atoms with Crippen molar-refractivity contribution in [2.45, 2.75) is 139 Å². The van der Waals surface area contributed by atoms with E-state index < -0.39 is 91.8 Å². The van der Waals surface area contributed by atoms with Crippen molar-refractivity contribution in [2.24, 2.45) is 22.4 Å². The van der Waals surface area contributed by atoms with E-state index in [4.69, 9.17) is 35.2 Å². The van der Waals surface area contributed by atoms with E-state index in [2.05, 4.69) is 10.3 Å². The van der Waals surface area contributed by atoms with Crippen LogP contribution < -0.4 is 16.8 Å². The molecule has 15 nitrogen and oxygen atoms in total. The molecule has 0 spiro atoms. The highest BCUT2D eigenvalue weighted by Crippen LogP contribution is 2.35. The predicted octanol–water partition coefficient (Wildman–Crippen LogP) is -1.59. The summed E-state index contributed by atoms with van der Waals surface area (Å²) in [4.78, 5) is 16.9. The normalized spacial score (nSPS) is 41.9. The molecule has 2 aliphatic heterocycles. The van der Waals surface area contributed by atoms with Crippen LogP contribution in [0.4, 0.5) is 4.79 Å². The number of carbonyl (C=O) groups is 1. The van der Waals surface area contributed by atoms with Crippen LogP contribution in [0.15, 0.2) is 4.99 Å². The first-order chi connectivity index (χ1) is 19.1. The average molecular weight is 593 g/mol. The summed E-state index contributed by atoms with van der Waals surface area (Å²) >= 11 is 0. The van der Waals surface area contributed by atoms with Crippen LogP contribution >= 0.6 is 0 Å². The van der Waals surface area contributed by atoms with Crippen molar-refractivity contribution in [3.8, 4) is 0 Å². The topological polar surface area (TPSA) is 241 Å². The fraction of sp³-hybridized carbons (Fsp3) is 0.923. The molecule has 10 N–H and O–H groups in total. The van der Waals surface area contributed by atoms with E-state index in [9.17, 15) is 30.3 Å². The quantitative estimate of drug-likeness (QED) is 0.117. The molecule has 2 heterocycles. The lowest BCUT2D eigenvalue weighted by Crippen LogP contribution is -2.64. The molecule has 1 amide bonds. The first-order valence-corrected chi connectivity index (χ1v) is 14.2. The number of amides is 1. The Morgan fingerprint density at radius 2 is 1.56 bits per heavy atom. The fourth-order valence-corrected chi connectivity index (χ4v) is 5.54. The summed E-state index contributed by atoms with van der Waals surface area (Å²) in [5.41, 5.74) is 10.5. The molecule has 0 aromatic carbocycles. The number of aliphatic hydroxyl groups is 5. The fourth-order valence-electron chi connectivity index (χ4n) is 5.54. The lowest BCUT2D eigenvalue weighted by molar-refractivity contribution is -0.317. The van der Waals surface area contributed by atoms with E-state index in [1.807, 2.05) is 6.92 Å². The number of nitrogens with two attached hydrogens (primary N) is 2. The summed E-state index contributed by atoms with van der Waals surface area (Å²) in [5, 5.41) is 55.0. The number of carbonyl (C=O) groups excluding carboxylic acids is 1. The minimum absolute atomic E-state index is 0.0906. The van der Waals surface area contributed by atoms with Gasteiger partial charge in [0.05, 0.1) is 37.1 Å². The molecule has 41 heavy (non-hydrogen) atoms. The van der Waals surface area contributed by atoms with Crippen LogP contribution in [0.3, 0.4) is 0 Å². The number of nitrogens with one attached hydrogen (secondary N) is 1. The van der Waals surface area contributed by atoms with Gasteiger partial charge in [-0.05, 0) is 39.5 Å². The molecular weight excluding hydrogens is 544 g/mol. The molecule has 13 atom stereocenters. The van der Waals surface area contributed by atoms with Gasteiger partial charge in [0.1, 0.15) is 36.1 Å². The highest BCUT2D eigenvalue weighted by molar-refractivity contribution is 5.75. The zero-order chi connectivity index (χ0) is 30.6. The van der Waals surface area contributed by atoms with Crippen LogP contribution in [-0.4, -0.2) is 123 Å². The standard InChI is InChI=1S/C26H48N4O11/c1-6-17-14(32)8-13(29-24(27)28)22(37-17)40-21-12(30-25(36)41-26(3,4)5)7-11(2)20(19(21)35)39-23-16(34)9-15(33)18(10-31)38-23/h11-23,31-35H,6-10H2,1-5H3,(H,30,36)(H4,27,28,29). The van der Waals surface area contributed by atoms with E-state index in [0.29, 0.717) is 6.42 Å². The number of aliphatic hydroxyl groups excluding tert-OH is 5. The van der Waals surface area contributed by atoms with Crippen molar-refractivity contribution in [2.75, 3.05) is 6.61 Å². The van der Waals surface area contributed by atoms with Gasteiger partial charge in [0.2, 0.25) is 0 Å². The molecule has 2 saturated heterocycles. The second-order valence-electron chi connectivity index (χ2n) is 12.1. The average Bonchev–Trinajstić information content (AvgIpc) is 2.84. The first kappa shape index (κ1) is 33.7. The maximum atomic E-state index is 12.7. The lowest BCUT2D eigenvalue weighted by Gasteiger charge is -2.48. The summed E-state index contributed by atoms with van der Waals surface area (Å²) in [6.07, 6.45) is -10.4. The van der Waals surface area contributed by atoms with Crippen LogP contribution in [0.5, 0.6) is 0 Å². The predicted molar refractivity (Wildman–Crippen MR) is 144 cm³/mol. The molecule has 0 aromatic heterocycles. The Labute approximate surface area is 240 Å². The van der Waals surface area contributed by atoms with Gasteiger partial charge >= 0.3 is 6.09 Å². The number of nitrogens with zero attached hydrogens (tertiary/aromatic N) is 1. The Balaban J connectivity index is 1.87. The molecule has 15 heteroatoms. The van der Waals surface area contributed by atoms with Gasteiger partial charge in [-0.1, -0.05) is 13.8 Å². The minimum Gasteiger partial charge on any atom is -0.444 e. The number of hydrogen-bond acceptors (Lipinski definition) is 12. The van der Waals surface area contributed by atoms with Crippen LogP contribution in [-0.2, 0) is 23.7 Å². The van der Waals surface area contributed by atoms with Crippen molar-refractivity contribution >= 4 is 12.1 Å². The zero-order valence-corrected chi connectivity index (χ0v) is 24.3. The molecule has 13 unspecified atom stereocenters. The summed E-state index contributed by atoms with van der Waals surface area (Å²) in [7, 11) is 0. The largest absolute Gasteiger partial charge is 0.444 e. The van der Waals surface area contributed by atoms with Crippen LogP contribution in [0, 0.1) is 5.92 Å². The molecule has 0 bridgehead atoms. The zero-order valence-electron chi connectivity index (χ0n) is 24.3. The van der Waals surface area contributed by atoms with Gasteiger partial charge in [-0.2, -0.15) is 0 Å². The second-order valence-corrected chi connectivity index (χ2v) is 12.1. The number of rotatable bonds is 8. The molecule has 3 fully saturated rings. The third-order valence-electron chi connectivity index (χ3n) is 7.51. The molecule has 1 aliphatic carbocycles. The monoisotopic (exact) mass is 592 g/mol. The van der Waals surface area contributed by atoms with E-state index in [1.54, 1.807) is 27.7 Å². The number of aliphatic imine (C=N–C) groups is 1. The lowest BCUT2D eigenvalue weighted by atomic mass is 9.80. The molecule has 3 aliphatic rings. The first-order valence-electron chi connectivity index (χ1n) is 14.2. The minimum atomic E-state index is -1.38. The Morgan fingerprint density at radius 3 is 2.15 bits per heavy atom. The van der Waals surface area contributed by atoms with Crippen molar-refractivity contribution in [1.29, 1.82) is 0 Å². The maximum Gasteiger partial charge on any atom is 0.407 e. The van der Waals surface area contributed by atoms with Gasteiger partial charge in [-0.3, -0.25) is 0 Å². The third-order valence-corrected chi connectivity index (χ3v) is 7.51. The highest BCUT2D eigenvalue weighted by Gasteiger charge is 2.50. The maximum absolute atomic E-state index is 12.7. The summed E-state index contributed by atoms with van der Waals surface area (Å²) < 4.78 is 29.4. The van der Waals surface area contributed by atoms with Gasteiger partial charge in [-0.15, -0.1) is 0 Å². The molecule has 0 radical (unpaired) electrons. The molecule has 238 valence electrons. The smallest absolute Gasteiger partial charge is 0.407 e. The summed E-state index contributed by atoms with van der Waals surface area (Å²) in [5.74, 6) is -0.619. The van der Waals surface area contributed by atoms with Gasteiger partial charge in [0, 0.05) is 12.8 Å². The number of ether oxygens (including phenoxy) is 5. The Hall–Kier alpha value is -1.82. The molecule has 3 rings (SSSR count). The molecular formula is C26H48N4O11. The summed E-state index contributed by atoms with van der Waals surface area (Å²) in [6, 6.07) is -1.57. The van der Waals surface area contributed by atoms with Crippen molar-refractivity contribution < 1.29 is 54.0 Å². The van der Waals surface area contributed by atoms with Crippen molar-refractivity contribution in [3.63, 3.8) is 0 Å².